The predicted octanol–water partition coefficient (Wildman–Crippen LogP) is 2.10. The third-order valence-electron chi connectivity index (χ3n) is 4.77. The van der Waals surface area contributed by atoms with E-state index in [1.165, 1.54) is 4.90 Å². The van der Waals surface area contributed by atoms with Crippen molar-refractivity contribution in [1.29, 1.82) is 0 Å². The van der Waals surface area contributed by atoms with Crippen LogP contribution in [-0.4, -0.2) is 40.0 Å². The number of likely N-dealkylation sites (tertiary alicyclic amines) is 1. The average molecular weight is 320 g/mol. The number of carboxylic acid groups (broad SMARTS) is 1. The second-order valence-corrected chi connectivity index (χ2v) is 6.49. The Hall–Kier alpha value is -2.11. The van der Waals surface area contributed by atoms with E-state index in [-0.39, 0.29) is 18.0 Å². The van der Waals surface area contributed by atoms with Gasteiger partial charge in [0.25, 0.3) is 11.5 Å². The van der Waals surface area contributed by atoms with Gasteiger partial charge >= 0.3 is 5.97 Å². The summed E-state index contributed by atoms with van der Waals surface area (Å²) in [6.45, 7) is 6.21. The molecule has 6 heteroatoms. The Bertz CT molecular complexity index is 676. The van der Waals surface area contributed by atoms with Crippen LogP contribution in [0.25, 0.3) is 0 Å². The third kappa shape index (κ3) is 3.30. The molecule has 1 aliphatic heterocycles. The number of carbonyl (C=O) groups is 2. The maximum Gasteiger partial charge on any atom is 0.311 e. The van der Waals surface area contributed by atoms with Crippen molar-refractivity contribution in [3.05, 3.63) is 33.2 Å². The largest absolute Gasteiger partial charge is 0.481 e. The van der Waals surface area contributed by atoms with Gasteiger partial charge in [0.15, 0.2) is 0 Å². The highest BCUT2D eigenvalue weighted by molar-refractivity contribution is 5.94. The molecule has 1 amide bonds. The van der Waals surface area contributed by atoms with Gasteiger partial charge in [0.1, 0.15) is 5.56 Å². The number of carbonyl (C=O) groups excluding carboxylic acids is 1. The molecule has 0 radical (unpaired) electrons. The number of carboxylic acids is 1. The van der Waals surface area contributed by atoms with E-state index in [0.717, 1.165) is 17.7 Å². The van der Waals surface area contributed by atoms with Crippen molar-refractivity contribution in [2.24, 2.45) is 5.41 Å². The summed E-state index contributed by atoms with van der Waals surface area (Å²) >= 11 is 0. The number of piperidine rings is 1. The molecule has 0 unspecified atom stereocenters. The first-order valence-corrected chi connectivity index (χ1v) is 8.04. The van der Waals surface area contributed by atoms with Crippen LogP contribution in [0.5, 0.6) is 0 Å². The lowest BCUT2D eigenvalue weighted by Crippen LogP contribution is -2.50. The number of aliphatic carboxylic acids is 1. The second-order valence-electron chi connectivity index (χ2n) is 6.49. The van der Waals surface area contributed by atoms with Gasteiger partial charge in [0.2, 0.25) is 0 Å². The van der Waals surface area contributed by atoms with Crippen molar-refractivity contribution in [1.82, 2.24) is 9.88 Å². The molecule has 2 heterocycles. The molecule has 1 atom stereocenters. The molecule has 6 nitrogen and oxygen atoms in total. The van der Waals surface area contributed by atoms with E-state index >= 15 is 0 Å². The Morgan fingerprint density at radius 3 is 2.70 bits per heavy atom. The molecule has 23 heavy (non-hydrogen) atoms. The summed E-state index contributed by atoms with van der Waals surface area (Å²) in [4.78, 5) is 40.7. The zero-order chi connectivity index (χ0) is 17.2. The van der Waals surface area contributed by atoms with Crippen molar-refractivity contribution in [3.63, 3.8) is 0 Å². The molecule has 1 aliphatic rings. The first-order valence-electron chi connectivity index (χ1n) is 8.04. The highest BCUT2D eigenvalue weighted by Gasteiger charge is 2.43. The van der Waals surface area contributed by atoms with E-state index in [0.29, 0.717) is 25.8 Å². The Kier molecular flexibility index (Phi) is 4.92. The normalized spacial score (nSPS) is 21.3. The molecular weight excluding hydrogens is 296 g/mol. The zero-order valence-corrected chi connectivity index (χ0v) is 13.9. The van der Waals surface area contributed by atoms with Crippen molar-refractivity contribution in [3.8, 4) is 0 Å². The lowest BCUT2D eigenvalue weighted by Gasteiger charge is -2.39. The Balaban J connectivity index is 2.31. The standard InChI is InChI=1S/C17H24N2O4/c1-4-6-17(16(22)23)7-5-8-19(10-17)15(21)13-9-11(2)12(3)18-14(13)20/h9H,4-8,10H2,1-3H3,(H,18,20)(H,22,23)/t17-/m0/s1. The number of nitrogens with one attached hydrogen (secondary N) is 1. The van der Waals surface area contributed by atoms with Crippen molar-refractivity contribution >= 4 is 11.9 Å². The van der Waals surface area contributed by atoms with E-state index in [2.05, 4.69) is 4.98 Å². The van der Waals surface area contributed by atoms with Gasteiger partial charge in [-0.3, -0.25) is 14.4 Å². The molecule has 0 bridgehead atoms. The number of hydrogen-bond donors (Lipinski definition) is 2. The predicted molar refractivity (Wildman–Crippen MR) is 86.7 cm³/mol. The summed E-state index contributed by atoms with van der Waals surface area (Å²) in [5.41, 5.74) is 0.347. The summed E-state index contributed by atoms with van der Waals surface area (Å²) in [6, 6.07) is 1.59. The number of aryl methyl sites for hydroxylation is 2. The fourth-order valence-electron chi connectivity index (χ4n) is 3.32. The van der Waals surface area contributed by atoms with Crippen LogP contribution in [0.4, 0.5) is 0 Å². The Morgan fingerprint density at radius 1 is 1.39 bits per heavy atom. The molecular formula is C17H24N2O4. The molecule has 2 N–H and O–H groups in total. The van der Waals surface area contributed by atoms with Gasteiger partial charge < -0.3 is 15.0 Å². The fourth-order valence-corrected chi connectivity index (χ4v) is 3.32. The fraction of sp³-hybridized carbons (Fsp3) is 0.588. The first kappa shape index (κ1) is 17.2. The molecule has 126 valence electrons. The maximum absolute atomic E-state index is 12.7. The van der Waals surface area contributed by atoms with Gasteiger partial charge in [-0.2, -0.15) is 0 Å². The maximum atomic E-state index is 12.7. The van der Waals surface area contributed by atoms with E-state index in [1.54, 1.807) is 13.0 Å². The van der Waals surface area contributed by atoms with Gasteiger partial charge in [-0.15, -0.1) is 0 Å². The molecule has 1 fully saturated rings. The molecule has 1 aromatic rings. The summed E-state index contributed by atoms with van der Waals surface area (Å²) in [7, 11) is 0. The van der Waals surface area contributed by atoms with Crippen LogP contribution >= 0.6 is 0 Å². The summed E-state index contributed by atoms with van der Waals surface area (Å²) in [5, 5.41) is 9.62. The molecule has 1 saturated heterocycles. The van der Waals surface area contributed by atoms with Crippen LogP contribution < -0.4 is 5.56 Å². The number of rotatable bonds is 4. The molecule has 1 aromatic heterocycles. The highest BCUT2D eigenvalue weighted by atomic mass is 16.4. The SMILES string of the molecule is CCC[C@]1(C(=O)O)CCCN(C(=O)c2cc(C)c(C)[nH]c2=O)C1. The van der Waals surface area contributed by atoms with Crippen LogP contribution in [0.3, 0.4) is 0 Å². The van der Waals surface area contributed by atoms with E-state index in [4.69, 9.17) is 0 Å². The lowest BCUT2D eigenvalue weighted by atomic mass is 9.76. The smallest absolute Gasteiger partial charge is 0.311 e. The number of pyridine rings is 1. The molecule has 0 saturated carbocycles. The van der Waals surface area contributed by atoms with Crippen molar-refractivity contribution in [2.45, 2.75) is 46.5 Å². The number of amides is 1. The number of aromatic amines is 1. The van der Waals surface area contributed by atoms with E-state index in [9.17, 15) is 19.5 Å². The van der Waals surface area contributed by atoms with Gasteiger partial charge in [-0.1, -0.05) is 13.3 Å². The van der Waals surface area contributed by atoms with Crippen molar-refractivity contribution < 1.29 is 14.7 Å². The monoisotopic (exact) mass is 320 g/mol. The van der Waals surface area contributed by atoms with Crippen LogP contribution in [0.15, 0.2) is 10.9 Å². The molecule has 0 aromatic carbocycles. The van der Waals surface area contributed by atoms with E-state index < -0.39 is 16.9 Å². The Morgan fingerprint density at radius 2 is 2.09 bits per heavy atom. The molecule has 0 aliphatic carbocycles. The van der Waals surface area contributed by atoms with Crippen molar-refractivity contribution in [2.75, 3.05) is 13.1 Å². The highest BCUT2D eigenvalue weighted by Crippen LogP contribution is 2.35. The van der Waals surface area contributed by atoms with Crippen LogP contribution in [-0.2, 0) is 4.79 Å². The minimum absolute atomic E-state index is 0.0887. The summed E-state index contributed by atoms with van der Waals surface area (Å²) < 4.78 is 0. The van der Waals surface area contributed by atoms with E-state index in [1.807, 2.05) is 13.8 Å². The number of H-pyrrole nitrogens is 1. The first-order chi connectivity index (χ1) is 10.8. The topological polar surface area (TPSA) is 90.5 Å². The molecule has 0 spiro atoms. The number of hydrogen-bond acceptors (Lipinski definition) is 3. The van der Waals surface area contributed by atoms with Gasteiger partial charge in [0.05, 0.1) is 5.41 Å². The molecule has 2 rings (SSSR count). The Labute approximate surface area is 135 Å². The minimum atomic E-state index is -0.894. The lowest BCUT2D eigenvalue weighted by molar-refractivity contribution is -0.152. The summed E-state index contributed by atoms with van der Waals surface area (Å²) in [6.07, 6.45) is 2.50. The second kappa shape index (κ2) is 6.56. The minimum Gasteiger partial charge on any atom is -0.481 e. The number of aromatic nitrogens is 1. The zero-order valence-electron chi connectivity index (χ0n) is 13.9. The quantitative estimate of drug-likeness (QED) is 0.889. The summed E-state index contributed by atoms with van der Waals surface area (Å²) in [5.74, 6) is -1.23. The van der Waals surface area contributed by atoms with Crippen LogP contribution in [0.2, 0.25) is 0 Å². The van der Waals surface area contributed by atoms with Gasteiger partial charge in [-0.25, -0.2) is 0 Å². The number of nitrogens with zero attached hydrogens (tertiary/aromatic N) is 1. The third-order valence-corrected chi connectivity index (χ3v) is 4.77. The van der Waals surface area contributed by atoms with Gasteiger partial charge in [0, 0.05) is 18.8 Å². The average Bonchev–Trinajstić information content (AvgIpc) is 2.50. The van der Waals surface area contributed by atoms with Crippen LogP contribution in [0, 0.1) is 19.3 Å². The van der Waals surface area contributed by atoms with Crippen LogP contribution in [0.1, 0.15) is 54.2 Å². The van der Waals surface area contributed by atoms with Gasteiger partial charge in [-0.05, 0) is 44.7 Å².